The number of aryl methyl sites for hydroxylation is 1. The van der Waals surface area contributed by atoms with Crippen LogP contribution in [0, 0.1) is 13.8 Å². The van der Waals surface area contributed by atoms with Crippen molar-refractivity contribution >= 4 is 17.4 Å². The first kappa shape index (κ1) is 18.2. The second-order valence-electron chi connectivity index (χ2n) is 6.85. The molecule has 1 fully saturated rings. The van der Waals surface area contributed by atoms with Gasteiger partial charge in [0.1, 0.15) is 5.82 Å². The molecule has 26 heavy (non-hydrogen) atoms. The number of carbonyl (C=O) groups excluding carboxylic acids is 1. The fourth-order valence-corrected chi connectivity index (χ4v) is 3.33. The molecule has 1 N–H and O–H groups in total. The molecule has 5 heteroatoms. The Morgan fingerprint density at radius 2 is 1.85 bits per heavy atom. The van der Waals surface area contributed by atoms with Crippen LogP contribution in [-0.4, -0.2) is 43.6 Å². The fraction of sp³-hybridized carbons (Fsp3) is 0.429. The van der Waals surface area contributed by atoms with E-state index in [-0.39, 0.29) is 5.91 Å². The van der Waals surface area contributed by atoms with Crippen LogP contribution in [-0.2, 0) is 0 Å². The summed E-state index contributed by atoms with van der Waals surface area (Å²) in [5, 5.41) is 2.93. The SMILES string of the molecule is CCCNC(=O)c1ccnc(N2CCN(c3cccc(C)c3C)CC2)c1. The van der Waals surface area contributed by atoms with Gasteiger partial charge in [-0.1, -0.05) is 19.1 Å². The van der Waals surface area contributed by atoms with Gasteiger partial charge in [-0.25, -0.2) is 4.98 Å². The molecule has 0 saturated carbocycles. The first-order valence-corrected chi connectivity index (χ1v) is 9.40. The van der Waals surface area contributed by atoms with E-state index in [1.165, 1.54) is 16.8 Å². The van der Waals surface area contributed by atoms with Crippen LogP contribution in [0.4, 0.5) is 11.5 Å². The molecule has 1 aliphatic heterocycles. The van der Waals surface area contributed by atoms with E-state index in [2.05, 4.69) is 52.1 Å². The second kappa shape index (κ2) is 8.21. The van der Waals surface area contributed by atoms with Gasteiger partial charge < -0.3 is 15.1 Å². The van der Waals surface area contributed by atoms with Crippen LogP contribution < -0.4 is 15.1 Å². The average Bonchev–Trinajstić information content (AvgIpc) is 2.68. The minimum atomic E-state index is -0.0236. The Kier molecular flexibility index (Phi) is 5.76. The standard InChI is InChI=1S/C21H28N4O/c1-4-9-23-21(26)18-8-10-22-20(15-18)25-13-11-24(12-14-25)19-7-5-6-16(2)17(19)3/h5-8,10,15H,4,9,11-14H2,1-3H3,(H,23,26). The molecule has 2 aromatic rings. The topological polar surface area (TPSA) is 48.5 Å². The molecule has 2 heterocycles. The van der Waals surface area contributed by atoms with Crippen LogP contribution in [0.1, 0.15) is 34.8 Å². The van der Waals surface area contributed by atoms with Crippen molar-refractivity contribution in [2.24, 2.45) is 0 Å². The third-order valence-electron chi connectivity index (χ3n) is 5.06. The molecular weight excluding hydrogens is 324 g/mol. The third kappa shape index (κ3) is 3.98. The van der Waals surface area contributed by atoms with Crippen molar-refractivity contribution in [3.05, 3.63) is 53.2 Å². The number of anilines is 2. The minimum absolute atomic E-state index is 0.0236. The zero-order valence-corrected chi connectivity index (χ0v) is 16.0. The first-order valence-electron chi connectivity index (χ1n) is 9.40. The lowest BCUT2D eigenvalue weighted by molar-refractivity contribution is 0.0953. The number of amides is 1. The number of hydrogen-bond donors (Lipinski definition) is 1. The molecule has 1 aliphatic rings. The summed E-state index contributed by atoms with van der Waals surface area (Å²) in [6.45, 7) is 10.8. The van der Waals surface area contributed by atoms with Gasteiger partial charge >= 0.3 is 0 Å². The number of piperazine rings is 1. The summed E-state index contributed by atoms with van der Waals surface area (Å²) >= 11 is 0. The average molecular weight is 352 g/mol. The maximum absolute atomic E-state index is 12.2. The molecule has 5 nitrogen and oxygen atoms in total. The van der Waals surface area contributed by atoms with Crippen molar-refractivity contribution in [2.45, 2.75) is 27.2 Å². The first-order chi connectivity index (χ1) is 12.6. The van der Waals surface area contributed by atoms with Gasteiger partial charge in [0.2, 0.25) is 0 Å². The summed E-state index contributed by atoms with van der Waals surface area (Å²) in [6, 6.07) is 10.2. The molecule has 1 saturated heterocycles. The number of rotatable bonds is 5. The quantitative estimate of drug-likeness (QED) is 0.898. The van der Waals surface area contributed by atoms with Crippen molar-refractivity contribution in [2.75, 3.05) is 42.5 Å². The largest absolute Gasteiger partial charge is 0.368 e. The highest BCUT2D eigenvalue weighted by Crippen LogP contribution is 2.25. The highest BCUT2D eigenvalue weighted by Gasteiger charge is 2.20. The van der Waals surface area contributed by atoms with Crippen LogP contribution in [0.5, 0.6) is 0 Å². The summed E-state index contributed by atoms with van der Waals surface area (Å²) in [5.41, 5.74) is 4.69. The molecule has 1 aromatic carbocycles. The zero-order chi connectivity index (χ0) is 18.5. The van der Waals surface area contributed by atoms with Crippen LogP contribution in [0.15, 0.2) is 36.5 Å². The molecule has 0 spiro atoms. The maximum Gasteiger partial charge on any atom is 0.251 e. The molecule has 1 amide bonds. The van der Waals surface area contributed by atoms with Crippen molar-refractivity contribution in [1.29, 1.82) is 0 Å². The summed E-state index contributed by atoms with van der Waals surface area (Å²) in [5.74, 6) is 0.860. The lowest BCUT2D eigenvalue weighted by Gasteiger charge is -2.37. The summed E-state index contributed by atoms with van der Waals surface area (Å²) in [6.07, 6.45) is 2.66. The Morgan fingerprint density at radius 1 is 1.12 bits per heavy atom. The van der Waals surface area contributed by atoms with Gasteiger partial charge in [0.15, 0.2) is 0 Å². The molecule has 0 unspecified atom stereocenters. The van der Waals surface area contributed by atoms with E-state index in [4.69, 9.17) is 0 Å². The number of carbonyl (C=O) groups is 1. The summed E-state index contributed by atoms with van der Waals surface area (Å²) in [7, 11) is 0. The minimum Gasteiger partial charge on any atom is -0.368 e. The predicted octanol–water partition coefficient (Wildman–Crippen LogP) is 3.16. The van der Waals surface area contributed by atoms with Gasteiger partial charge in [0, 0.05) is 50.2 Å². The fourth-order valence-electron chi connectivity index (χ4n) is 3.33. The Balaban J connectivity index is 1.66. The normalized spacial score (nSPS) is 14.4. The van der Waals surface area contributed by atoms with Crippen molar-refractivity contribution in [3.8, 4) is 0 Å². The Hall–Kier alpha value is -2.56. The monoisotopic (exact) mass is 352 g/mol. The smallest absolute Gasteiger partial charge is 0.251 e. The molecule has 0 aliphatic carbocycles. The van der Waals surface area contributed by atoms with Gasteiger partial charge in [-0.2, -0.15) is 0 Å². The molecule has 0 bridgehead atoms. The highest BCUT2D eigenvalue weighted by molar-refractivity contribution is 5.94. The number of benzene rings is 1. The zero-order valence-electron chi connectivity index (χ0n) is 16.0. The molecular formula is C21H28N4O. The lowest BCUT2D eigenvalue weighted by Crippen LogP contribution is -2.47. The Morgan fingerprint density at radius 3 is 2.58 bits per heavy atom. The van der Waals surface area contributed by atoms with Crippen LogP contribution in [0.25, 0.3) is 0 Å². The number of nitrogens with one attached hydrogen (secondary N) is 1. The van der Waals surface area contributed by atoms with Gasteiger partial charge in [0.25, 0.3) is 5.91 Å². The molecule has 138 valence electrons. The molecule has 3 rings (SSSR count). The van der Waals surface area contributed by atoms with Crippen LogP contribution >= 0.6 is 0 Å². The molecule has 0 atom stereocenters. The van der Waals surface area contributed by atoms with E-state index in [1.807, 2.05) is 13.0 Å². The summed E-state index contributed by atoms with van der Waals surface area (Å²) in [4.78, 5) is 21.4. The van der Waals surface area contributed by atoms with Crippen molar-refractivity contribution in [3.63, 3.8) is 0 Å². The number of nitrogens with zero attached hydrogens (tertiary/aromatic N) is 3. The van der Waals surface area contributed by atoms with Crippen LogP contribution in [0.2, 0.25) is 0 Å². The highest BCUT2D eigenvalue weighted by atomic mass is 16.1. The van der Waals surface area contributed by atoms with Gasteiger partial charge in [-0.3, -0.25) is 4.79 Å². The molecule has 1 aromatic heterocycles. The molecule has 0 radical (unpaired) electrons. The number of hydrogen-bond acceptors (Lipinski definition) is 4. The van der Waals surface area contributed by atoms with Crippen molar-refractivity contribution in [1.82, 2.24) is 10.3 Å². The van der Waals surface area contributed by atoms with E-state index in [0.29, 0.717) is 12.1 Å². The third-order valence-corrected chi connectivity index (χ3v) is 5.06. The van der Waals surface area contributed by atoms with E-state index in [0.717, 1.165) is 38.4 Å². The van der Waals surface area contributed by atoms with Gasteiger partial charge in [-0.15, -0.1) is 0 Å². The van der Waals surface area contributed by atoms with Crippen LogP contribution in [0.3, 0.4) is 0 Å². The van der Waals surface area contributed by atoms with E-state index >= 15 is 0 Å². The van der Waals surface area contributed by atoms with Gasteiger partial charge in [-0.05, 0) is 49.6 Å². The number of aromatic nitrogens is 1. The number of pyridine rings is 1. The van der Waals surface area contributed by atoms with E-state index in [1.54, 1.807) is 12.3 Å². The Bertz CT molecular complexity index is 766. The van der Waals surface area contributed by atoms with E-state index < -0.39 is 0 Å². The van der Waals surface area contributed by atoms with Crippen molar-refractivity contribution < 1.29 is 4.79 Å². The maximum atomic E-state index is 12.2. The van der Waals surface area contributed by atoms with Gasteiger partial charge in [0.05, 0.1) is 0 Å². The summed E-state index contributed by atoms with van der Waals surface area (Å²) < 4.78 is 0. The predicted molar refractivity (Wildman–Crippen MR) is 107 cm³/mol. The second-order valence-corrected chi connectivity index (χ2v) is 6.85. The Labute approximate surface area is 156 Å². The lowest BCUT2D eigenvalue weighted by atomic mass is 10.1. The van der Waals surface area contributed by atoms with E-state index in [9.17, 15) is 4.79 Å².